The second-order valence-corrected chi connectivity index (χ2v) is 6.65. The van der Waals surface area contributed by atoms with Gasteiger partial charge >= 0.3 is 0 Å². The number of fused-ring (bicyclic) bond motifs is 1. The van der Waals surface area contributed by atoms with Gasteiger partial charge in [-0.05, 0) is 29.8 Å². The molecular weight excluding hydrogens is 342 g/mol. The number of hydrogen-bond donors (Lipinski definition) is 0. The van der Waals surface area contributed by atoms with Crippen LogP contribution in [0.15, 0.2) is 36.4 Å². The number of amides is 1. The van der Waals surface area contributed by atoms with Gasteiger partial charge in [0.05, 0.1) is 25.7 Å². The molecule has 2 heterocycles. The first-order valence-electron chi connectivity index (χ1n) is 7.76. The van der Waals surface area contributed by atoms with Crippen molar-refractivity contribution >= 4 is 23.4 Å². The first-order chi connectivity index (χ1) is 12.2. The van der Waals surface area contributed by atoms with E-state index in [0.29, 0.717) is 23.0 Å². The molecule has 0 spiro atoms. The molecule has 2 aromatic rings. The van der Waals surface area contributed by atoms with Crippen LogP contribution in [0, 0.1) is 0 Å². The molecule has 0 saturated carbocycles. The molecule has 0 radical (unpaired) electrons. The second-order valence-electron chi connectivity index (χ2n) is 5.58. The third-order valence-corrected chi connectivity index (χ3v) is 5.41. The second kappa shape index (κ2) is 6.40. The van der Waals surface area contributed by atoms with Gasteiger partial charge in [-0.3, -0.25) is 9.69 Å². The maximum Gasteiger partial charge on any atom is 0.238 e. The van der Waals surface area contributed by atoms with Crippen LogP contribution in [0.1, 0.15) is 10.9 Å². The number of carbonyl (C=O) groups excluding carboxylic acids is 1. The largest absolute Gasteiger partial charge is 0.497 e. The van der Waals surface area contributed by atoms with Gasteiger partial charge in [0.15, 0.2) is 11.5 Å². The molecule has 2 aliphatic heterocycles. The van der Waals surface area contributed by atoms with Gasteiger partial charge in [0.25, 0.3) is 0 Å². The lowest BCUT2D eigenvalue weighted by atomic mass is 10.1. The van der Waals surface area contributed by atoms with E-state index in [2.05, 4.69) is 0 Å². The van der Waals surface area contributed by atoms with Gasteiger partial charge < -0.3 is 18.9 Å². The summed E-state index contributed by atoms with van der Waals surface area (Å²) in [6, 6.07) is 11.2. The summed E-state index contributed by atoms with van der Waals surface area (Å²) < 4.78 is 21.6. The Bertz CT molecular complexity index is 825. The average molecular weight is 359 g/mol. The number of carbonyl (C=O) groups is 1. The first-order valence-corrected chi connectivity index (χ1v) is 8.81. The maximum absolute atomic E-state index is 12.6. The number of thioether (sulfide) groups is 1. The average Bonchev–Trinajstić information content (AvgIpc) is 3.26. The molecule has 25 heavy (non-hydrogen) atoms. The fourth-order valence-corrected chi connectivity index (χ4v) is 4.14. The van der Waals surface area contributed by atoms with Gasteiger partial charge in [-0.15, -0.1) is 11.8 Å². The molecule has 6 nitrogen and oxygen atoms in total. The molecule has 0 aliphatic carbocycles. The van der Waals surface area contributed by atoms with E-state index in [1.54, 1.807) is 36.9 Å². The molecule has 7 heteroatoms. The zero-order chi connectivity index (χ0) is 17.4. The smallest absolute Gasteiger partial charge is 0.238 e. The summed E-state index contributed by atoms with van der Waals surface area (Å²) in [5.74, 6) is 3.16. The highest BCUT2D eigenvalue weighted by Gasteiger charge is 2.36. The number of rotatable bonds is 4. The summed E-state index contributed by atoms with van der Waals surface area (Å²) in [5, 5.41) is -0.149. The van der Waals surface area contributed by atoms with Gasteiger partial charge in [0.1, 0.15) is 16.9 Å². The molecule has 4 rings (SSSR count). The van der Waals surface area contributed by atoms with E-state index in [0.717, 1.165) is 17.0 Å². The Labute approximate surface area is 149 Å². The normalized spacial score (nSPS) is 18.6. The van der Waals surface area contributed by atoms with Crippen molar-refractivity contribution < 1.29 is 23.7 Å². The third-order valence-electron chi connectivity index (χ3n) is 4.20. The molecule has 0 bridgehead atoms. The van der Waals surface area contributed by atoms with E-state index < -0.39 is 0 Å². The first kappa shape index (κ1) is 16.0. The zero-order valence-electron chi connectivity index (χ0n) is 13.9. The number of nitrogens with zero attached hydrogens (tertiary/aromatic N) is 1. The molecule has 1 fully saturated rings. The van der Waals surface area contributed by atoms with Crippen molar-refractivity contribution in [2.24, 2.45) is 0 Å². The number of benzene rings is 2. The van der Waals surface area contributed by atoms with Crippen LogP contribution in [0.3, 0.4) is 0 Å². The minimum absolute atomic E-state index is 0.0381. The Balaban J connectivity index is 1.73. The molecule has 2 aromatic carbocycles. The van der Waals surface area contributed by atoms with Crippen molar-refractivity contribution in [1.82, 2.24) is 0 Å². The van der Waals surface area contributed by atoms with Crippen LogP contribution in [-0.2, 0) is 4.79 Å². The highest BCUT2D eigenvalue weighted by Crippen LogP contribution is 2.47. The van der Waals surface area contributed by atoms with Crippen molar-refractivity contribution in [1.29, 1.82) is 0 Å². The van der Waals surface area contributed by atoms with Gasteiger partial charge in [0, 0.05) is 6.07 Å². The Kier molecular flexibility index (Phi) is 4.09. The predicted octanol–water partition coefficient (Wildman–Crippen LogP) is 3.21. The number of hydrogen-bond acceptors (Lipinski definition) is 6. The summed E-state index contributed by atoms with van der Waals surface area (Å²) in [7, 11) is 3.18. The molecule has 0 N–H and O–H groups in total. The third kappa shape index (κ3) is 2.74. The molecular formula is C18H17NO5S. The fraction of sp³-hybridized carbons (Fsp3) is 0.278. The molecule has 2 aliphatic rings. The lowest BCUT2D eigenvalue weighted by molar-refractivity contribution is -0.115. The predicted molar refractivity (Wildman–Crippen MR) is 94.8 cm³/mol. The number of ether oxygens (including phenoxy) is 4. The summed E-state index contributed by atoms with van der Waals surface area (Å²) in [4.78, 5) is 14.3. The van der Waals surface area contributed by atoms with Gasteiger partial charge in [0.2, 0.25) is 12.7 Å². The van der Waals surface area contributed by atoms with Crippen LogP contribution < -0.4 is 23.8 Å². The molecule has 0 unspecified atom stereocenters. The quantitative estimate of drug-likeness (QED) is 0.836. The fourth-order valence-electron chi connectivity index (χ4n) is 2.98. The van der Waals surface area contributed by atoms with Crippen LogP contribution in [-0.4, -0.2) is 32.7 Å². The molecule has 1 amide bonds. The molecule has 1 atom stereocenters. The minimum Gasteiger partial charge on any atom is -0.497 e. The summed E-state index contributed by atoms with van der Waals surface area (Å²) in [6.45, 7) is 0.228. The standard InChI is InChI=1S/C18H17NO5S/c1-21-12-4-5-13(15(8-12)22-2)19-17(20)9-25-18(19)11-3-6-14-16(7-11)24-10-23-14/h3-8,18H,9-10H2,1-2H3/t18-/m1/s1. The SMILES string of the molecule is COc1ccc(N2C(=O)CS[C@@H]2c2ccc3c(c2)OCO3)c(OC)c1. The molecule has 1 saturated heterocycles. The van der Waals surface area contributed by atoms with Gasteiger partial charge in [-0.1, -0.05) is 6.07 Å². The van der Waals surface area contributed by atoms with E-state index in [4.69, 9.17) is 18.9 Å². The van der Waals surface area contributed by atoms with Crippen molar-refractivity contribution in [3.8, 4) is 23.0 Å². The van der Waals surface area contributed by atoms with Crippen LogP contribution in [0.2, 0.25) is 0 Å². The van der Waals surface area contributed by atoms with Crippen LogP contribution >= 0.6 is 11.8 Å². The summed E-state index contributed by atoms with van der Waals surface area (Å²) in [6.07, 6.45) is 0. The van der Waals surface area contributed by atoms with E-state index in [-0.39, 0.29) is 18.1 Å². The Morgan fingerprint density at radius 3 is 2.72 bits per heavy atom. The van der Waals surface area contributed by atoms with Crippen LogP contribution in [0.4, 0.5) is 5.69 Å². The molecule has 130 valence electrons. The minimum atomic E-state index is -0.149. The van der Waals surface area contributed by atoms with Crippen molar-refractivity contribution in [3.63, 3.8) is 0 Å². The Morgan fingerprint density at radius 1 is 1.08 bits per heavy atom. The summed E-state index contributed by atoms with van der Waals surface area (Å²) in [5.41, 5.74) is 1.71. The molecule has 0 aromatic heterocycles. The van der Waals surface area contributed by atoms with E-state index >= 15 is 0 Å². The maximum atomic E-state index is 12.6. The van der Waals surface area contributed by atoms with Gasteiger partial charge in [-0.2, -0.15) is 0 Å². The van der Waals surface area contributed by atoms with Gasteiger partial charge in [-0.25, -0.2) is 0 Å². The van der Waals surface area contributed by atoms with Crippen molar-refractivity contribution in [2.75, 3.05) is 31.7 Å². The van der Waals surface area contributed by atoms with E-state index in [1.807, 2.05) is 30.3 Å². The monoisotopic (exact) mass is 359 g/mol. The summed E-state index contributed by atoms with van der Waals surface area (Å²) >= 11 is 1.57. The topological polar surface area (TPSA) is 57.2 Å². The highest BCUT2D eigenvalue weighted by atomic mass is 32.2. The van der Waals surface area contributed by atoms with Crippen LogP contribution in [0.5, 0.6) is 23.0 Å². The highest BCUT2D eigenvalue weighted by molar-refractivity contribution is 8.00. The lowest BCUT2D eigenvalue weighted by Gasteiger charge is -2.26. The van der Waals surface area contributed by atoms with Crippen molar-refractivity contribution in [3.05, 3.63) is 42.0 Å². The zero-order valence-corrected chi connectivity index (χ0v) is 14.7. The van der Waals surface area contributed by atoms with E-state index in [1.165, 1.54) is 0 Å². The van der Waals surface area contributed by atoms with E-state index in [9.17, 15) is 4.79 Å². The lowest BCUT2D eigenvalue weighted by Crippen LogP contribution is -2.28. The van der Waals surface area contributed by atoms with Crippen LogP contribution in [0.25, 0.3) is 0 Å². The number of anilines is 1. The Morgan fingerprint density at radius 2 is 1.92 bits per heavy atom. The number of methoxy groups -OCH3 is 2. The Hall–Kier alpha value is -2.54. The van der Waals surface area contributed by atoms with Crippen molar-refractivity contribution in [2.45, 2.75) is 5.37 Å².